The van der Waals surface area contributed by atoms with Crippen LogP contribution in [0.3, 0.4) is 0 Å². The molecule has 4 aliphatic rings. The van der Waals surface area contributed by atoms with Crippen LogP contribution in [0.2, 0.25) is 0 Å². The monoisotopic (exact) mass is 402 g/mol. The van der Waals surface area contributed by atoms with Crippen molar-refractivity contribution >= 4 is 32.9 Å². The molecule has 0 aliphatic heterocycles. The molecule has 0 spiro atoms. The Labute approximate surface area is 156 Å². The molecule has 4 aliphatic carbocycles. The van der Waals surface area contributed by atoms with Crippen LogP contribution in [0.4, 0.5) is 0 Å². The fourth-order valence-electron chi connectivity index (χ4n) is 5.94. The topological polar surface area (TPSA) is 39.4 Å². The maximum absolute atomic E-state index is 13.2. The number of hydrogen-bond donors (Lipinski definition) is 0. The standard InChI is InChI=1S/C21H23BrO3/c1-13(18-7-16-4-2-3-5-17(16)25-18)24-19(23)20-8-14-6-15(9-20)11-21(22,10-14)12-20/h2-5,7,13-15H,6,8-12H2,1H3/t13-,14-,15+,20?,21?/m0/s1. The number of carbonyl (C=O) groups is 1. The molecule has 5 atom stereocenters. The summed E-state index contributed by atoms with van der Waals surface area (Å²) < 4.78 is 12.0. The van der Waals surface area contributed by atoms with Crippen LogP contribution in [-0.2, 0) is 9.53 Å². The molecular formula is C21H23BrO3. The van der Waals surface area contributed by atoms with E-state index in [4.69, 9.17) is 9.15 Å². The minimum atomic E-state index is -0.348. The summed E-state index contributed by atoms with van der Waals surface area (Å²) in [7, 11) is 0. The van der Waals surface area contributed by atoms with Crippen LogP contribution < -0.4 is 0 Å². The summed E-state index contributed by atoms with van der Waals surface area (Å²) in [6.07, 6.45) is 6.32. The summed E-state index contributed by atoms with van der Waals surface area (Å²) >= 11 is 3.97. The Balaban J connectivity index is 1.38. The highest BCUT2D eigenvalue weighted by Crippen LogP contribution is 2.64. The van der Waals surface area contributed by atoms with Crippen LogP contribution in [0.15, 0.2) is 34.7 Å². The number of benzene rings is 1. The smallest absolute Gasteiger partial charge is 0.312 e. The average Bonchev–Trinajstić information content (AvgIpc) is 2.96. The van der Waals surface area contributed by atoms with Gasteiger partial charge in [-0.2, -0.15) is 0 Å². The van der Waals surface area contributed by atoms with Crippen molar-refractivity contribution in [3.63, 3.8) is 0 Å². The Morgan fingerprint density at radius 1 is 1.24 bits per heavy atom. The molecule has 2 aromatic rings. The SMILES string of the molecule is C[C@H](OC(=O)C12C[C@@H]3C[C@@H](CC(Br)(C3)C1)C2)c1cc2ccccc2o1. The molecular weight excluding hydrogens is 380 g/mol. The highest BCUT2D eigenvalue weighted by molar-refractivity contribution is 9.10. The molecule has 0 N–H and O–H groups in total. The number of para-hydroxylation sites is 1. The number of furan rings is 1. The zero-order valence-corrected chi connectivity index (χ0v) is 16.1. The first-order valence-electron chi connectivity index (χ1n) is 9.33. The van der Waals surface area contributed by atoms with E-state index in [0.717, 1.165) is 36.0 Å². The van der Waals surface area contributed by atoms with Crippen molar-refractivity contribution in [3.05, 3.63) is 36.1 Å². The van der Waals surface area contributed by atoms with Crippen LogP contribution in [0, 0.1) is 17.3 Å². The Morgan fingerprint density at radius 3 is 2.64 bits per heavy atom. The number of ether oxygens (including phenoxy) is 1. The second-order valence-electron chi connectivity index (χ2n) is 8.63. The van der Waals surface area contributed by atoms with Gasteiger partial charge in [0.2, 0.25) is 0 Å². The summed E-state index contributed by atoms with van der Waals surface area (Å²) in [4.78, 5) is 13.2. The van der Waals surface area contributed by atoms with Gasteiger partial charge in [0.05, 0.1) is 5.41 Å². The number of carbonyl (C=O) groups excluding carboxylic acids is 1. The molecule has 4 fully saturated rings. The Kier molecular flexibility index (Phi) is 3.41. The van der Waals surface area contributed by atoms with Crippen molar-refractivity contribution in [2.24, 2.45) is 17.3 Å². The second kappa shape index (κ2) is 5.35. The van der Waals surface area contributed by atoms with Crippen LogP contribution in [0.25, 0.3) is 11.0 Å². The summed E-state index contributed by atoms with van der Waals surface area (Å²) in [6.45, 7) is 1.92. The highest BCUT2D eigenvalue weighted by Gasteiger charge is 2.60. The molecule has 6 rings (SSSR count). The molecule has 0 amide bonds. The fourth-order valence-corrected chi connectivity index (χ4v) is 7.39. The predicted molar refractivity (Wildman–Crippen MR) is 99.5 cm³/mol. The van der Waals surface area contributed by atoms with E-state index in [-0.39, 0.29) is 21.8 Å². The van der Waals surface area contributed by atoms with Crippen molar-refractivity contribution in [2.75, 3.05) is 0 Å². The van der Waals surface area contributed by atoms with Crippen LogP contribution in [0.1, 0.15) is 57.3 Å². The van der Waals surface area contributed by atoms with Gasteiger partial charge in [-0.05, 0) is 69.4 Å². The number of esters is 1. The maximum atomic E-state index is 13.2. The lowest BCUT2D eigenvalue weighted by Gasteiger charge is -2.58. The van der Waals surface area contributed by atoms with Gasteiger partial charge in [-0.25, -0.2) is 0 Å². The Morgan fingerprint density at radius 2 is 1.96 bits per heavy atom. The van der Waals surface area contributed by atoms with Crippen LogP contribution in [0.5, 0.6) is 0 Å². The number of alkyl halides is 1. The number of fused-ring (bicyclic) bond motifs is 1. The van der Waals surface area contributed by atoms with Crippen molar-refractivity contribution in [1.82, 2.24) is 0 Å². The summed E-state index contributed by atoms with van der Waals surface area (Å²) in [6, 6.07) is 9.89. The van der Waals surface area contributed by atoms with E-state index in [2.05, 4.69) is 15.9 Å². The van der Waals surface area contributed by atoms with E-state index in [9.17, 15) is 4.79 Å². The van der Waals surface area contributed by atoms with Crippen molar-refractivity contribution in [3.8, 4) is 0 Å². The van der Waals surface area contributed by atoms with Crippen molar-refractivity contribution in [1.29, 1.82) is 0 Å². The van der Waals surface area contributed by atoms with Gasteiger partial charge < -0.3 is 9.15 Å². The van der Waals surface area contributed by atoms with Gasteiger partial charge in [-0.1, -0.05) is 34.1 Å². The van der Waals surface area contributed by atoms with Gasteiger partial charge in [-0.15, -0.1) is 0 Å². The molecule has 4 saturated carbocycles. The van der Waals surface area contributed by atoms with Crippen LogP contribution in [-0.4, -0.2) is 10.3 Å². The number of halogens is 1. The van der Waals surface area contributed by atoms with E-state index < -0.39 is 0 Å². The first-order chi connectivity index (χ1) is 11.9. The summed E-state index contributed by atoms with van der Waals surface area (Å²) in [5, 5.41) is 1.05. The van der Waals surface area contributed by atoms with Gasteiger partial charge >= 0.3 is 5.97 Å². The third-order valence-electron chi connectivity index (χ3n) is 6.55. The lowest BCUT2D eigenvalue weighted by atomic mass is 9.49. The first kappa shape index (κ1) is 15.9. The largest absolute Gasteiger partial charge is 0.457 e. The van der Waals surface area contributed by atoms with E-state index in [1.165, 1.54) is 19.3 Å². The van der Waals surface area contributed by atoms with E-state index in [0.29, 0.717) is 11.8 Å². The minimum absolute atomic E-state index is 0.0154. The molecule has 3 nitrogen and oxygen atoms in total. The Bertz CT molecular complexity index is 792. The molecule has 25 heavy (non-hydrogen) atoms. The van der Waals surface area contributed by atoms with E-state index >= 15 is 0 Å². The lowest BCUT2D eigenvalue weighted by molar-refractivity contribution is -0.175. The molecule has 0 saturated heterocycles. The van der Waals surface area contributed by atoms with Crippen molar-refractivity contribution < 1.29 is 13.9 Å². The highest BCUT2D eigenvalue weighted by atomic mass is 79.9. The van der Waals surface area contributed by atoms with Crippen LogP contribution >= 0.6 is 15.9 Å². The van der Waals surface area contributed by atoms with Crippen molar-refractivity contribution in [2.45, 2.75) is 55.9 Å². The average molecular weight is 403 g/mol. The summed E-state index contributed by atoms with van der Waals surface area (Å²) in [5.74, 6) is 2.07. The predicted octanol–water partition coefficient (Wildman–Crippen LogP) is 5.77. The zero-order valence-electron chi connectivity index (χ0n) is 14.5. The molecule has 132 valence electrons. The normalized spacial score (nSPS) is 37.4. The molecule has 1 heterocycles. The van der Waals surface area contributed by atoms with Gasteiger partial charge in [0.25, 0.3) is 0 Å². The second-order valence-corrected chi connectivity index (χ2v) is 10.3. The van der Waals surface area contributed by atoms with E-state index in [1.807, 2.05) is 37.3 Å². The number of rotatable bonds is 3. The molecule has 0 radical (unpaired) electrons. The van der Waals surface area contributed by atoms with Gasteiger partial charge in [0.1, 0.15) is 11.3 Å². The number of hydrogen-bond acceptors (Lipinski definition) is 3. The molecule has 2 unspecified atom stereocenters. The fraction of sp³-hybridized carbons (Fsp3) is 0.571. The minimum Gasteiger partial charge on any atom is -0.457 e. The molecule has 4 heteroatoms. The van der Waals surface area contributed by atoms with Gasteiger partial charge in [-0.3, -0.25) is 4.79 Å². The molecule has 4 bridgehead atoms. The quantitative estimate of drug-likeness (QED) is 0.482. The van der Waals surface area contributed by atoms with E-state index in [1.54, 1.807) is 0 Å². The maximum Gasteiger partial charge on any atom is 0.312 e. The third-order valence-corrected chi connectivity index (χ3v) is 7.48. The Hall–Kier alpha value is -1.29. The summed E-state index contributed by atoms with van der Waals surface area (Å²) in [5.41, 5.74) is 0.558. The molecule has 1 aromatic carbocycles. The van der Waals surface area contributed by atoms with Gasteiger partial charge in [0, 0.05) is 9.71 Å². The molecule has 1 aromatic heterocycles. The lowest BCUT2D eigenvalue weighted by Crippen LogP contribution is -2.56. The first-order valence-corrected chi connectivity index (χ1v) is 10.1. The third kappa shape index (κ3) is 2.56. The van der Waals surface area contributed by atoms with Gasteiger partial charge in [0.15, 0.2) is 6.10 Å². The zero-order chi connectivity index (χ0) is 17.2.